The Hall–Kier alpha value is -4.00. The van der Waals surface area contributed by atoms with Gasteiger partial charge >= 0.3 is 5.69 Å². The van der Waals surface area contributed by atoms with Crippen molar-refractivity contribution in [3.05, 3.63) is 93.5 Å². The second-order valence-electron chi connectivity index (χ2n) is 6.46. The Morgan fingerprint density at radius 3 is 2.55 bits per heavy atom. The number of rotatable bonds is 6. The molecule has 146 valence electrons. The lowest BCUT2D eigenvalue weighted by Crippen LogP contribution is -2.05. The van der Waals surface area contributed by atoms with Crippen molar-refractivity contribution in [1.82, 2.24) is 0 Å². The summed E-state index contributed by atoms with van der Waals surface area (Å²) < 4.78 is 0. The van der Waals surface area contributed by atoms with Crippen LogP contribution in [0.25, 0.3) is 0 Å². The summed E-state index contributed by atoms with van der Waals surface area (Å²) in [6.07, 6.45) is 1.87. The highest BCUT2D eigenvalue weighted by Gasteiger charge is 2.18. The molecule has 3 aromatic carbocycles. The minimum atomic E-state index is -0.613. The van der Waals surface area contributed by atoms with E-state index < -0.39 is 10.7 Å². The molecule has 3 aromatic rings. The van der Waals surface area contributed by atoms with E-state index in [2.05, 4.69) is 10.3 Å². The van der Waals surface area contributed by atoms with Crippen molar-refractivity contribution in [1.29, 1.82) is 0 Å². The maximum atomic E-state index is 11.4. The molecule has 0 aliphatic rings. The van der Waals surface area contributed by atoms with Gasteiger partial charge in [0, 0.05) is 30.5 Å². The van der Waals surface area contributed by atoms with Crippen LogP contribution in [0, 0.1) is 10.1 Å². The number of hydrogen-bond acceptors (Lipinski definition) is 5. The number of nitrogens with one attached hydrogen (secondary N) is 1. The number of nitro benzene ring substituents is 1. The van der Waals surface area contributed by atoms with Crippen LogP contribution in [0.4, 0.5) is 17.1 Å². The first-order chi connectivity index (χ1) is 13.9. The van der Waals surface area contributed by atoms with E-state index >= 15 is 0 Å². The first-order valence-electron chi connectivity index (χ1n) is 8.88. The Morgan fingerprint density at radius 2 is 1.86 bits per heavy atom. The standard InChI is InChI=1S/C22H19N3O4/c1-15(26)24-20-9-5-8-19(13-20)23-14-18-11-17(10-16-6-3-2-4-7-16)12-21(22(18)27)25(28)29/h2-9,11-14,27H,10H2,1H3,(H,24,26). The monoisotopic (exact) mass is 389 g/mol. The molecule has 7 nitrogen and oxygen atoms in total. The number of amides is 1. The van der Waals surface area contributed by atoms with Gasteiger partial charge in [0.25, 0.3) is 0 Å². The molecule has 0 bridgehead atoms. The average Bonchev–Trinajstić information content (AvgIpc) is 2.68. The zero-order valence-electron chi connectivity index (χ0n) is 15.7. The first kappa shape index (κ1) is 19.8. The van der Waals surface area contributed by atoms with E-state index in [1.165, 1.54) is 19.2 Å². The van der Waals surface area contributed by atoms with Crippen molar-refractivity contribution in [2.24, 2.45) is 4.99 Å². The molecule has 0 aliphatic carbocycles. The Bertz CT molecular complexity index is 1080. The van der Waals surface area contributed by atoms with Gasteiger partial charge in [0.15, 0.2) is 0 Å². The maximum absolute atomic E-state index is 11.4. The number of aromatic hydroxyl groups is 1. The van der Waals surface area contributed by atoms with Crippen LogP contribution >= 0.6 is 0 Å². The molecular weight excluding hydrogens is 370 g/mol. The Balaban J connectivity index is 1.94. The first-order valence-corrected chi connectivity index (χ1v) is 8.88. The van der Waals surface area contributed by atoms with E-state index in [9.17, 15) is 20.0 Å². The molecule has 0 aliphatic heterocycles. The van der Waals surface area contributed by atoms with Gasteiger partial charge < -0.3 is 10.4 Å². The fourth-order valence-corrected chi connectivity index (χ4v) is 2.88. The summed E-state index contributed by atoms with van der Waals surface area (Å²) in [6.45, 7) is 1.41. The van der Waals surface area contributed by atoms with Crippen LogP contribution in [0.2, 0.25) is 0 Å². The van der Waals surface area contributed by atoms with Gasteiger partial charge in [-0.15, -0.1) is 0 Å². The third-order valence-electron chi connectivity index (χ3n) is 4.15. The summed E-state index contributed by atoms with van der Waals surface area (Å²) in [6, 6.07) is 19.4. The van der Waals surface area contributed by atoms with Crippen LogP contribution in [-0.2, 0) is 11.2 Å². The Labute approximate surface area is 167 Å². The zero-order valence-corrected chi connectivity index (χ0v) is 15.7. The molecule has 1 amide bonds. The molecule has 2 N–H and O–H groups in total. The number of carbonyl (C=O) groups is 1. The molecule has 0 unspecified atom stereocenters. The molecule has 0 saturated carbocycles. The second kappa shape index (κ2) is 8.79. The van der Waals surface area contributed by atoms with Gasteiger partial charge in [-0.2, -0.15) is 0 Å². The van der Waals surface area contributed by atoms with E-state index in [1.807, 2.05) is 30.3 Å². The van der Waals surface area contributed by atoms with Gasteiger partial charge in [-0.05, 0) is 41.8 Å². The molecule has 0 spiro atoms. The van der Waals surface area contributed by atoms with Crippen molar-refractivity contribution < 1.29 is 14.8 Å². The lowest BCUT2D eigenvalue weighted by Gasteiger charge is -2.07. The van der Waals surface area contributed by atoms with Crippen LogP contribution in [0.15, 0.2) is 71.7 Å². The molecular formula is C22H19N3O4. The van der Waals surface area contributed by atoms with Crippen molar-refractivity contribution in [2.75, 3.05) is 5.32 Å². The number of anilines is 1. The predicted molar refractivity (Wildman–Crippen MR) is 112 cm³/mol. The molecule has 0 atom stereocenters. The fourth-order valence-electron chi connectivity index (χ4n) is 2.88. The van der Waals surface area contributed by atoms with Gasteiger partial charge in [0.05, 0.1) is 10.6 Å². The quantitative estimate of drug-likeness (QED) is 0.365. The van der Waals surface area contributed by atoms with E-state index in [-0.39, 0.29) is 17.2 Å². The average molecular weight is 389 g/mol. The van der Waals surface area contributed by atoms with Gasteiger partial charge in [-0.1, -0.05) is 36.4 Å². The summed E-state index contributed by atoms with van der Waals surface area (Å²) >= 11 is 0. The van der Waals surface area contributed by atoms with E-state index in [4.69, 9.17) is 0 Å². The highest BCUT2D eigenvalue weighted by Crippen LogP contribution is 2.31. The topological polar surface area (TPSA) is 105 Å². The summed E-state index contributed by atoms with van der Waals surface area (Å²) in [7, 11) is 0. The van der Waals surface area contributed by atoms with Crippen molar-refractivity contribution >= 4 is 29.2 Å². The predicted octanol–water partition coefficient (Wildman–Crippen LogP) is 4.60. The normalized spacial score (nSPS) is 10.8. The van der Waals surface area contributed by atoms with Crippen LogP contribution in [0.5, 0.6) is 5.75 Å². The van der Waals surface area contributed by atoms with Crippen molar-refractivity contribution in [2.45, 2.75) is 13.3 Å². The van der Waals surface area contributed by atoms with Gasteiger partial charge in [-0.25, -0.2) is 0 Å². The number of hydrogen-bond donors (Lipinski definition) is 2. The third-order valence-corrected chi connectivity index (χ3v) is 4.15. The highest BCUT2D eigenvalue weighted by molar-refractivity contribution is 5.90. The van der Waals surface area contributed by atoms with Gasteiger partial charge in [0.2, 0.25) is 11.7 Å². The minimum Gasteiger partial charge on any atom is -0.502 e. The molecule has 7 heteroatoms. The number of nitrogens with zero attached hydrogens (tertiary/aromatic N) is 2. The van der Waals surface area contributed by atoms with Gasteiger partial charge in [-0.3, -0.25) is 19.9 Å². The Morgan fingerprint density at radius 1 is 1.10 bits per heavy atom. The van der Waals surface area contributed by atoms with Crippen LogP contribution < -0.4 is 5.32 Å². The molecule has 0 fully saturated rings. The van der Waals surface area contributed by atoms with E-state index in [0.717, 1.165) is 5.56 Å². The summed E-state index contributed by atoms with van der Waals surface area (Å²) in [5.74, 6) is -0.637. The molecule has 29 heavy (non-hydrogen) atoms. The SMILES string of the molecule is CC(=O)Nc1cccc(N=Cc2cc(Cc3ccccc3)cc([N+](=O)[O-])c2O)c1. The van der Waals surface area contributed by atoms with Crippen molar-refractivity contribution in [3.63, 3.8) is 0 Å². The summed E-state index contributed by atoms with van der Waals surface area (Å²) in [4.78, 5) is 26.2. The minimum absolute atomic E-state index is 0.201. The van der Waals surface area contributed by atoms with Crippen LogP contribution in [0.1, 0.15) is 23.6 Å². The lowest BCUT2D eigenvalue weighted by atomic mass is 10.0. The van der Waals surface area contributed by atoms with Crippen LogP contribution in [-0.4, -0.2) is 22.2 Å². The largest absolute Gasteiger partial charge is 0.502 e. The van der Waals surface area contributed by atoms with E-state index in [0.29, 0.717) is 23.4 Å². The second-order valence-corrected chi connectivity index (χ2v) is 6.46. The van der Waals surface area contributed by atoms with Crippen molar-refractivity contribution in [3.8, 4) is 5.75 Å². The number of nitro groups is 1. The molecule has 0 aromatic heterocycles. The van der Waals surface area contributed by atoms with Gasteiger partial charge in [0.1, 0.15) is 0 Å². The molecule has 0 heterocycles. The number of phenolic OH excluding ortho intramolecular Hbond substituents is 1. The Kier molecular flexibility index (Phi) is 5.99. The number of phenols is 1. The smallest absolute Gasteiger partial charge is 0.311 e. The summed E-state index contributed by atoms with van der Waals surface area (Å²) in [5, 5.41) is 24.3. The maximum Gasteiger partial charge on any atom is 0.311 e. The third kappa shape index (κ3) is 5.26. The molecule has 0 radical (unpaired) electrons. The zero-order chi connectivity index (χ0) is 20.8. The molecule has 0 saturated heterocycles. The lowest BCUT2D eigenvalue weighted by molar-refractivity contribution is -0.385. The summed E-state index contributed by atoms with van der Waals surface area (Å²) in [5.41, 5.74) is 2.68. The van der Waals surface area contributed by atoms with E-state index in [1.54, 1.807) is 30.3 Å². The number of carbonyl (C=O) groups excluding carboxylic acids is 1. The van der Waals surface area contributed by atoms with Crippen LogP contribution in [0.3, 0.4) is 0 Å². The highest BCUT2D eigenvalue weighted by atomic mass is 16.6. The number of aliphatic imine (C=N–C) groups is 1. The number of benzene rings is 3. The fraction of sp³-hybridized carbons (Fsp3) is 0.0909. The molecule has 3 rings (SSSR count).